The highest BCUT2D eigenvalue weighted by Crippen LogP contribution is 2.39. The Morgan fingerprint density at radius 1 is 1.16 bits per heavy atom. The minimum atomic E-state index is -0.0523. The summed E-state index contributed by atoms with van der Waals surface area (Å²) < 4.78 is 0. The highest BCUT2D eigenvalue weighted by Gasteiger charge is 2.36. The van der Waals surface area contributed by atoms with Crippen LogP contribution in [0.5, 0.6) is 0 Å². The zero-order valence-corrected chi connectivity index (χ0v) is 13.0. The van der Waals surface area contributed by atoms with Gasteiger partial charge in [-0.2, -0.15) is 0 Å². The van der Waals surface area contributed by atoms with Crippen LogP contribution in [0.3, 0.4) is 0 Å². The molecule has 0 unspecified atom stereocenters. The second-order valence-corrected chi connectivity index (χ2v) is 7.82. The summed E-state index contributed by atoms with van der Waals surface area (Å²) in [5.41, 5.74) is 0.698. The molecule has 1 saturated carbocycles. The molecule has 3 heteroatoms. The molecule has 0 aromatic rings. The fourth-order valence-corrected chi connectivity index (χ4v) is 3.52. The molecule has 2 N–H and O–H groups in total. The van der Waals surface area contributed by atoms with Crippen molar-refractivity contribution in [3.05, 3.63) is 0 Å². The molecular formula is C16H32N2O. The van der Waals surface area contributed by atoms with Crippen LogP contribution >= 0.6 is 0 Å². The molecule has 1 aliphatic heterocycles. The van der Waals surface area contributed by atoms with Crippen molar-refractivity contribution < 1.29 is 5.11 Å². The number of likely N-dealkylation sites (tertiary alicyclic amines) is 1. The fraction of sp³-hybridized carbons (Fsp3) is 1.00. The van der Waals surface area contributed by atoms with Crippen molar-refractivity contribution >= 4 is 0 Å². The Morgan fingerprint density at radius 2 is 1.74 bits per heavy atom. The minimum Gasteiger partial charge on any atom is -0.393 e. The van der Waals surface area contributed by atoms with Crippen LogP contribution in [0.1, 0.15) is 59.3 Å². The van der Waals surface area contributed by atoms with E-state index < -0.39 is 0 Å². The van der Waals surface area contributed by atoms with Crippen LogP contribution in [0.15, 0.2) is 0 Å². The minimum absolute atomic E-state index is 0.0523. The molecule has 3 nitrogen and oxygen atoms in total. The topological polar surface area (TPSA) is 35.5 Å². The molecule has 0 aromatic carbocycles. The lowest BCUT2D eigenvalue weighted by Gasteiger charge is -2.40. The first-order valence-electron chi connectivity index (χ1n) is 8.04. The number of piperidine rings is 1. The van der Waals surface area contributed by atoms with E-state index in [-0.39, 0.29) is 11.6 Å². The largest absolute Gasteiger partial charge is 0.393 e. The molecule has 0 spiro atoms. The van der Waals surface area contributed by atoms with Crippen LogP contribution in [-0.4, -0.2) is 47.8 Å². The maximum Gasteiger partial charge on any atom is 0.0564 e. The first-order valence-corrected chi connectivity index (χ1v) is 8.04. The third-order valence-electron chi connectivity index (χ3n) is 4.77. The monoisotopic (exact) mass is 268 g/mol. The van der Waals surface area contributed by atoms with Gasteiger partial charge in [0, 0.05) is 31.7 Å². The second-order valence-electron chi connectivity index (χ2n) is 7.82. The molecule has 1 heterocycles. The molecule has 19 heavy (non-hydrogen) atoms. The van der Waals surface area contributed by atoms with Gasteiger partial charge < -0.3 is 15.3 Å². The molecular weight excluding hydrogens is 236 g/mol. The van der Waals surface area contributed by atoms with E-state index in [1.807, 2.05) is 0 Å². The molecule has 1 saturated heterocycles. The lowest BCUT2D eigenvalue weighted by molar-refractivity contribution is 0.0551. The van der Waals surface area contributed by atoms with Gasteiger partial charge in [-0.1, -0.05) is 12.8 Å². The lowest BCUT2D eigenvalue weighted by atomic mass is 9.84. The average molecular weight is 268 g/mol. The molecule has 2 fully saturated rings. The number of nitrogens with zero attached hydrogens (tertiary/aromatic N) is 1. The molecule has 0 radical (unpaired) electrons. The van der Waals surface area contributed by atoms with Crippen molar-refractivity contribution in [1.29, 1.82) is 0 Å². The predicted molar refractivity (Wildman–Crippen MR) is 80.3 cm³/mol. The summed E-state index contributed by atoms with van der Waals surface area (Å²) in [5.74, 6) is 0. The smallest absolute Gasteiger partial charge is 0.0564 e. The van der Waals surface area contributed by atoms with Crippen LogP contribution in [0.25, 0.3) is 0 Å². The Kier molecular flexibility index (Phi) is 4.91. The maximum absolute atomic E-state index is 9.62. The Morgan fingerprint density at radius 3 is 2.26 bits per heavy atom. The predicted octanol–water partition coefficient (Wildman–Crippen LogP) is 2.39. The normalized spacial score (nSPS) is 25.9. The first kappa shape index (κ1) is 15.3. The first-order chi connectivity index (χ1) is 8.89. The summed E-state index contributed by atoms with van der Waals surface area (Å²) >= 11 is 0. The highest BCUT2D eigenvalue weighted by atomic mass is 16.3. The molecule has 0 bridgehead atoms. The van der Waals surface area contributed by atoms with Gasteiger partial charge in [0.2, 0.25) is 0 Å². The zero-order chi connectivity index (χ0) is 13.9. The van der Waals surface area contributed by atoms with Crippen molar-refractivity contribution in [2.75, 3.05) is 26.2 Å². The molecule has 112 valence electrons. The van der Waals surface area contributed by atoms with Gasteiger partial charge in [-0.05, 0) is 51.9 Å². The van der Waals surface area contributed by atoms with Gasteiger partial charge in [0.15, 0.2) is 0 Å². The Balaban J connectivity index is 1.88. The molecule has 1 aliphatic carbocycles. The van der Waals surface area contributed by atoms with E-state index in [1.54, 1.807) is 0 Å². The van der Waals surface area contributed by atoms with Gasteiger partial charge in [0.05, 0.1) is 6.10 Å². The summed E-state index contributed by atoms with van der Waals surface area (Å²) in [4.78, 5) is 2.59. The van der Waals surface area contributed by atoms with E-state index >= 15 is 0 Å². The number of hydrogen-bond donors (Lipinski definition) is 2. The standard InChI is InChI=1S/C16H32N2O/c1-15(2,3)17-12-16(8-4-5-9-16)13-18-10-6-14(19)7-11-18/h14,17,19H,4-13H2,1-3H3. The van der Waals surface area contributed by atoms with E-state index in [4.69, 9.17) is 0 Å². The summed E-state index contributed by atoms with van der Waals surface area (Å²) in [6, 6.07) is 0. The van der Waals surface area contributed by atoms with E-state index in [9.17, 15) is 5.11 Å². The Bertz CT molecular complexity index is 271. The van der Waals surface area contributed by atoms with E-state index in [0.717, 1.165) is 32.5 Å². The van der Waals surface area contributed by atoms with Crippen molar-refractivity contribution in [1.82, 2.24) is 10.2 Å². The van der Waals surface area contributed by atoms with Crippen LogP contribution in [0, 0.1) is 5.41 Å². The second kappa shape index (κ2) is 6.11. The number of aliphatic hydroxyl groups excluding tert-OH is 1. The molecule has 2 rings (SSSR count). The van der Waals surface area contributed by atoms with Crippen LogP contribution in [0.2, 0.25) is 0 Å². The van der Waals surface area contributed by atoms with Gasteiger partial charge in [0.1, 0.15) is 0 Å². The van der Waals surface area contributed by atoms with Crippen LogP contribution in [-0.2, 0) is 0 Å². The maximum atomic E-state index is 9.62. The molecule has 0 atom stereocenters. The number of aliphatic hydroxyl groups is 1. The fourth-order valence-electron chi connectivity index (χ4n) is 3.52. The summed E-state index contributed by atoms with van der Waals surface area (Å²) in [7, 11) is 0. The summed E-state index contributed by atoms with van der Waals surface area (Å²) in [5, 5.41) is 13.3. The molecule has 0 aromatic heterocycles. The van der Waals surface area contributed by atoms with Gasteiger partial charge in [-0.3, -0.25) is 0 Å². The van der Waals surface area contributed by atoms with E-state index in [1.165, 1.54) is 32.2 Å². The SMILES string of the molecule is CC(C)(C)NCC1(CN2CCC(O)CC2)CCCC1. The van der Waals surface area contributed by atoms with E-state index in [0.29, 0.717) is 5.41 Å². The van der Waals surface area contributed by atoms with E-state index in [2.05, 4.69) is 31.0 Å². The lowest BCUT2D eigenvalue weighted by Crippen LogP contribution is -2.49. The summed E-state index contributed by atoms with van der Waals surface area (Å²) in [6.45, 7) is 11.3. The average Bonchev–Trinajstić information content (AvgIpc) is 2.78. The molecule has 2 aliphatic rings. The zero-order valence-electron chi connectivity index (χ0n) is 13.0. The van der Waals surface area contributed by atoms with Crippen LogP contribution in [0.4, 0.5) is 0 Å². The number of nitrogens with one attached hydrogen (secondary N) is 1. The third-order valence-corrected chi connectivity index (χ3v) is 4.77. The quantitative estimate of drug-likeness (QED) is 0.822. The van der Waals surface area contributed by atoms with Crippen LogP contribution < -0.4 is 5.32 Å². The highest BCUT2D eigenvalue weighted by molar-refractivity contribution is 4.92. The van der Waals surface area contributed by atoms with Crippen molar-refractivity contribution in [2.45, 2.75) is 70.9 Å². The van der Waals surface area contributed by atoms with Gasteiger partial charge in [0.25, 0.3) is 0 Å². The van der Waals surface area contributed by atoms with Crippen molar-refractivity contribution in [3.63, 3.8) is 0 Å². The Hall–Kier alpha value is -0.120. The Labute approximate surface area is 118 Å². The molecule has 0 amide bonds. The summed E-state index contributed by atoms with van der Waals surface area (Å²) in [6.07, 6.45) is 7.39. The van der Waals surface area contributed by atoms with Gasteiger partial charge in [-0.25, -0.2) is 0 Å². The van der Waals surface area contributed by atoms with Gasteiger partial charge in [-0.15, -0.1) is 0 Å². The third kappa shape index (κ3) is 4.73. The van der Waals surface area contributed by atoms with Crippen molar-refractivity contribution in [2.24, 2.45) is 5.41 Å². The number of rotatable bonds is 4. The number of hydrogen-bond acceptors (Lipinski definition) is 3. The van der Waals surface area contributed by atoms with Gasteiger partial charge >= 0.3 is 0 Å². The van der Waals surface area contributed by atoms with Crippen molar-refractivity contribution in [3.8, 4) is 0 Å².